The average Bonchev–Trinajstić information content (AvgIpc) is 2.95. The molecule has 2 amide bonds. The Morgan fingerprint density at radius 2 is 2.04 bits per heavy atom. The number of fused-ring (bicyclic) bond motifs is 1. The van der Waals surface area contributed by atoms with Gasteiger partial charge in [-0.25, -0.2) is 4.98 Å². The zero-order chi connectivity index (χ0) is 17.0. The van der Waals surface area contributed by atoms with E-state index in [4.69, 9.17) is 0 Å². The van der Waals surface area contributed by atoms with Gasteiger partial charge in [-0.15, -0.1) is 11.3 Å². The monoisotopic (exact) mass is 335 g/mol. The Morgan fingerprint density at radius 3 is 2.70 bits per heavy atom. The molecule has 0 radical (unpaired) electrons. The fourth-order valence-electron chi connectivity index (χ4n) is 2.09. The maximum absolute atomic E-state index is 12.0. The molecule has 0 fully saturated rings. The van der Waals surface area contributed by atoms with Crippen molar-refractivity contribution < 1.29 is 14.5 Å². The average molecular weight is 335 g/mol. The first-order valence-electron chi connectivity index (χ1n) is 7.53. The minimum absolute atomic E-state index is 0.0363. The zero-order valence-electron chi connectivity index (χ0n) is 13.9. The first-order valence-corrected chi connectivity index (χ1v) is 8.34. The van der Waals surface area contributed by atoms with E-state index in [-0.39, 0.29) is 24.4 Å². The van der Waals surface area contributed by atoms with Crippen LogP contribution in [-0.2, 0) is 9.59 Å². The summed E-state index contributed by atoms with van der Waals surface area (Å²) in [6.45, 7) is 2.40. The Balaban J connectivity index is 1.92. The number of thiazole rings is 1. The van der Waals surface area contributed by atoms with Crippen LogP contribution < -0.4 is 10.2 Å². The SMILES string of the molecule is C[C@@H](c1nc2ccccc2s1)[NH+](C)CC(=O)NCC(=O)N(C)C. The second-order valence-corrected chi connectivity index (χ2v) is 6.89. The number of likely N-dealkylation sites (N-methyl/N-ethyl adjacent to an activating group) is 2. The number of carbonyl (C=O) groups excluding carboxylic acids is 2. The van der Waals surface area contributed by atoms with Gasteiger partial charge >= 0.3 is 0 Å². The maximum atomic E-state index is 12.0. The van der Waals surface area contributed by atoms with E-state index in [9.17, 15) is 9.59 Å². The maximum Gasteiger partial charge on any atom is 0.275 e. The molecule has 0 saturated heterocycles. The van der Waals surface area contributed by atoms with Gasteiger partial charge < -0.3 is 15.1 Å². The van der Waals surface area contributed by atoms with Crippen molar-refractivity contribution in [2.75, 3.05) is 34.2 Å². The topological polar surface area (TPSA) is 66.7 Å². The van der Waals surface area contributed by atoms with Crippen molar-refractivity contribution in [3.8, 4) is 0 Å². The third kappa shape index (κ3) is 4.49. The lowest BCUT2D eigenvalue weighted by Gasteiger charge is -2.19. The molecule has 0 aliphatic carbocycles. The number of carbonyl (C=O) groups is 2. The summed E-state index contributed by atoms with van der Waals surface area (Å²) >= 11 is 1.66. The lowest BCUT2D eigenvalue weighted by Crippen LogP contribution is -3.10. The van der Waals surface area contributed by atoms with Crippen molar-refractivity contribution in [3.05, 3.63) is 29.3 Å². The summed E-state index contributed by atoms with van der Waals surface area (Å²) in [5.74, 6) is -0.249. The molecule has 0 saturated carbocycles. The highest BCUT2D eigenvalue weighted by Crippen LogP contribution is 2.24. The van der Waals surface area contributed by atoms with Gasteiger partial charge in [0.2, 0.25) is 5.91 Å². The van der Waals surface area contributed by atoms with Crippen LogP contribution in [0.2, 0.25) is 0 Å². The number of para-hydroxylation sites is 1. The summed E-state index contributed by atoms with van der Waals surface area (Å²) in [7, 11) is 5.30. The number of rotatable bonds is 6. The van der Waals surface area contributed by atoms with E-state index in [0.29, 0.717) is 6.54 Å². The highest BCUT2D eigenvalue weighted by atomic mass is 32.1. The van der Waals surface area contributed by atoms with Gasteiger partial charge in [0.1, 0.15) is 6.04 Å². The summed E-state index contributed by atoms with van der Waals surface area (Å²) < 4.78 is 1.16. The van der Waals surface area contributed by atoms with Crippen molar-refractivity contribution in [2.24, 2.45) is 0 Å². The van der Waals surface area contributed by atoms with Crippen LogP contribution in [0.3, 0.4) is 0 Å². The normalized spacial score (nSPS) is 13.6. The van der Waals surface area contributed by atoms with Gasteiger partial charge in [-0.1, -0.05) is 12.1 Å². The van der Waals surface area contributed by atoms with Crippen molar-refractivity contribution in [1.82, 2.24) is 15.2 Å². The summed E-state index contributed by atoms with van der Waals surface area (Å²) in [5.41, 5.74) is 0.994. The zero-order valence-corrected chi connectivity index (χ0v) is 14.7. The van der Waals surface area contributed by atoms with E-state index >= 15 is 0 Å². The molecule has 2 atom stereocenters. The van der Waals surface area contributed by atoms with Gasteiger partial charge in [0.25, 0.3) is 5.91 Å². The second-order valence-electron chi connectivity index (χ2n) is 5.83. The molecule has 7 heteroatoms. The van der Waals surface area contributed by atoms with Gasteiger partial charge in [-0.3, -0.25) is 9.59 Å². The van der Waals surface area contributed by atoms with E-state index in [2.05, 4.69) is 23.3 Å². The Labute approximate surface area is 140 Å². The van der Waals surface area contributed by atoms with Crippen LogP contribution in [-0.4, -0.2) is 55.9 Å². The lowest BCUT2D eigenvalue weighted by molar-refractivity contribution is -0.902. The van der Waals surface area contributed by atoms with Crippen molar-refractivity contribution in [1.29, 1.82) is 0 Å². The van der Waals surface area contributed by atoms with E-state index in [1.807, 2.05) is 25.2 Å². The van der Waals surface area contributed by atoms with Crippen molar-refractivity contribution >= 4 is 33.4 Å². The van der Waals surface area contributed by atoms with Gasteiger partial charge in [-0.05, 0) is 19.1 Å². The summed E-state index contributed by atoms with van der Waals surface area (Å²) in [6.07, 6.45) is 0. The first-order chi connectivity index (χ1) is 10.9. The smallest absolute Gasteiger partial charge is 0.275 e. The molecule has 23 heavy (non-hydrogen) atoms. The van der Waals surface area contributed by atoms with Crippen LogP contribution in [0.4, 0.5) is 0 Å². The molecule has 1 unspecified atom stereocenters. The second kappa shape index (κ2) is 7.52. The minimum Gasteiger partial charge on any atom is -0.347 e. The number of nitrogens with zero attached hydrogens (tertiary/aromatic N) is 2. The molecule has 0 bridgehead atoms. The Morgan fingerprint density at radius 1 is 1.35 bits per heavy atom. The highest BCUT2D eigenvalue weighted by molar-refractivity contribution is 7.18. The number of amides is 2. The number of aromatic nitrogens is 1. The molecule has 0 spiro atoms. The molecule has 2 aromatic rings. The molecule has 1 aromatic carbocycles. The first kappa shape index (κ1) is 17.4. The highest BCUT2D eigenvalue weighted by Gasteiger charge is 2.22. The molecule has 124 valence electrons. The third-order valence-corrected chi connectivity index (χ3v) is 5.01. The number of hydrogen-bond donors (Lipinski definition) is 2. The van der Waals surface area contributed by atoms with E-state index < -0.39 is 0 Å². The lowest BCUT2D eigenvalue weighted by atomic mass is 10.3. The minimum atomic E-state index is -0.134. The van der Waals surface area contributed by atoms with Gasteiger partial charge in [0.05, 0.1) is 23.8 Å². The predicted molar refractivity (Wildman–Crippen MR) is 91.5 cm³/mol. The van der Waals surface area contributed by atoms with Gasteiger partial charge in [0, 0.05) is 14.1 Å². The fourth-order valence-corrected chi connectivity index (χ4v) is 3.20. The molecule has 6 nitrogen and oxygen atoms in total. The van der Waals surface area contributed by atoms with Crippen LogP contribution >= 0.6 is 11.3 Å². The largest absolute Gasteiger partial charge is 0.347 e. The molecule has 1 aromatic heterocycles. The molecule has 1 heterocycles. The molecular weight excluding hydrogens is 312 g/mol. The molecule has 2 N–H and O–H groups in total. The summed E-state index contributed by atoms with van der Waals surface area (Å²) in [6, 6.07) is 8.14. The van der Waals surface area contributed by atoms with Crippen LogP contribution in [0.25, 0.3) is 10.2 Å². The third-order valence-electron chi connectivity index (χ3n) is 3.80. The number of nitrogens with one attached hydrogen (secondary N) is 2. The van der Waals surface area contributed by atoms with Crippen LogP contribution in [0, 0.1) is 0 Å². The van der Waals surface area contributed by atoms with E-state index in [1.54, 1.807) is 25.4 Å². The molecular formula is C16H23N4O2S+. The summed E-state index contributed by atoms with van der Waals surface area (Å²) in [4.78, 5) is 30.6. The fraction of sp³-hybridized carbons (Fsp3) is 0.438. The molecule has 0 aliphatic rings. The van der Waals surface area contributed by atoms with Crippen molar-refractivity contribution in [2.45, 2.75) is 13.0 Å². The van der Waals surface area contributed by atoms with Crippen LogP contribution in [0.1, 0.15) is 18.0 Å². The van der Waals surface area contributed by atoms with Crippen LogP contribution in [0.5, 0.6) is 0 Å². The molecule has 2 rings (SSSR count). The number of benzene rings is 1. The molecule has 0 aliphatic heterocycles. The predicted octanol–water partition coefficient (Wildman–Crippen LogP) is 0.0764. The van der Waals surface area contributed by atoms with Gasteiger partial charge in [0.15, 0.2) is 11.6 Å². The standard InChI is InChI=1S/C16H22N4O2S/c1-11(16-18-12-7-5-6-8-13(12)23-16)20(4)10-14(21)17-9-15(22)19(2)3/h5-8,11H,9-10H2,1-4H3,(H,17,21)/p+1/t11-/m0/s1. The summed E-state index contributed by atoms with van der Waals surface area (Å²) in [5, 5.41) is 3.67. The van der Waals surface area contributed by atoms with E-state index in [1.165, 1.54) is 4.90 Å². The Hall–Kier alpha value is -1.99. The van der Waals surface area contributed by atoms with Gasteiger partial charge in [-0.2, -0.15) is 0 Å². The Kier molecular flexibility index (Phi) is 5.68. The Bertz CT molecular complexity index is 665. The quantitative estimate of drug-likeness (QED) is 0.785. The van der Waals surface area contributed by atoms with Crippen molar-refractivity contribution in [3.63, 3.8) is 0 Å². The van der Waals surface area contributed by atoms with Crippen LogP contribution in [0.15, 0.2) is 24.3 Å². The van der Waals surface area contributed by atoms with E-state index in [0.717, 1.165) is 20.1 Å². The number of quaternary nitrogens is 1. The number of hydrogen-bond acceptors (Lipinski definition) is 4.